The van der Waals surface area contributed by atoms with Crippen LogP contribution in [0, 0.1) is 19.8 Å². The number of carboxylic acids is 2. The second-order valence-electron chi connectivity index (χ2n) is 7.30. The summed E-state index contributed by atoms with van der Waals surface area (Å²) < 4.78 is 5.51. The van der Waals surface area contributed by atoms with E-state index in [4.69, 9.17) is 4.42 Å². The molecule has 0 aliphatic rings. The monoisotopic (exact) mass is 374 g/mol. The molecule has 0 aliphatic carbocycles. The smallest absolute Gasteiger partial charge is 0.321 e. The van der Waals surface area contributed by atoms with Gasteiger partial charge in [-0.2, -0.15) is 0 Å². The van der Waals surface area contributed by atoms with Crippen molar-refractivity contribution in [2.75, 3.05) is 0 Å². The Morgan fingerprint density at radius 1 is 1.07 bits per heavy atom. The summed E-state index contributed by atoms with van der Waals surface area (Å²) in [6.45, 7) is 7.74. The van der Waals surface area contributed by atoms with E-state index in [0.717, 1.165) is 16.7 Å². The number of rotatable bonds is 9. The van der Waals surface area contributed by atoms with E-state index in [1.807, 2.05) is 45.9 Å². The fourth-order valence-corrected chi connectivity index (χ4v) is 3.01. The molecule has 0 radical (unpaired) electrons. The molecule has 146 valence electrons. The molecule has 7 nitrogen and oxygen atoms in total. The van der Waals surface area contributed by atoms with Crippen molar-refractivity contribution in [3.8, 4) is 11.5 Å². The largest absolute Gasteiger partial charge is 0.480 e. The number of benzene rings is 1. The lowest BCUT2D eigenvalue weighted by atomic mass is 10.0. The van der Waals surface area contributed by atoms with Crippen LogP contribution in [0.1, 0.15) is 37.1 Å². The van der Waals surface area contributed by atoms with Crippen molar-refractivity contribution >= 4 is 11.9 Å². The third-order valence-corrected chi connectivity index (χ3v) is 4.14. The molecule has 1 heterocycles. The standard InChI is InChI=1S/C20H26N2O5/c1-11(2)5-16(19(23)24)22-17(20(25)26)9-15-10-27-18(21-15)14-7-12(3)6-13(4)8-14/h6-8,10-11,16-17,22H,5,9H2,1-4H3,(H,23,24)(H,25,26)/t16-,17-/m0/s1. The van der Waals surface area contributed by atoms with E-state index in [0.29, 0.717) is 18.0 Å². The summed E-state index contributed by atoms with van der Waals surface area (Å²) >= 11 is 0. The first-order valence-electron chi connectivity index (χ1n) is 8.90. The van der Waals surface area contributed by atoms with Crippen LogP contribution in [0.3, 0.4) is 0 Å². The number of aromatic nitrogens is 1. The zero-order chi connectivity index (χ0) is 20.1. The van der Waals surface area contributed by atoms with Gasteiger partial charge in [-0.1, -0.05) is 31.0 Å². The first-order valence-corrected chi connectivity index (χ1v) is 8.90. The third kappa shape index (κ3) is 5.92. The molecular formula is C20H26N2O5. The van der Waals surface area contributed by atoms with Crippen LogP contribution in [0.5, 0.6) is 0 Å². The van der Waals surface area contributed by atoms with Gasteiger partial charge in [0.25, 0.3) is 0 Å². The summed E-state index contributed by atoms with van der Waals surface area (Å²) in [4.78, 5) is 27.4. The quantitative estimate of drug-likeness (QED) is 0.618. The van der Waals surface area contributed by atoms with Crippen molar-refractivity contribution < 1.29 is 24.2 Å². The van der Waals surface area contributed by atoms with Crippen LogP contribution in [0.25, 0.3) is 11.5 Å². The van der Waals surface area contributed by atoms with Crippen molar-refractivity contribution in [2.24, 2.45) is 5.92 Å². The number of hydrogen-bond acceptors (Lipinski definition) is 5. The van der Waals surface area contributed by atoms with Crippen LogP contribution in [0.4, 0.5) is 0 Å². The van der Waals surface area contributed by atoms with Crippen LogP contribution in [-0.4, -0.2) is 39.2 Å². The summed E-state index contributed by atoms with van der Waals surface area (Å²) in [6, 6.07) is 3.93. The number of carbonyl (C=O) groups is 2. The first-order chi connectivity index (χ1) is 12.7. The van der Waals surface area contributed by atoms with Crippen molar-refractivity contribution in [1.29, 1.82) is 0 Å². The molecule has 2 atom stereocenters. The molecule has 0 saturated carbocycles. The molecule has 1 aromatic carbocycles. The van der Waals surface area contributed by atoms with Gasteiger partial charge in [-0.3, -0.25) is 14.9 Å². The SMILES string of the molecule is Cc1cc(C)cc(-c2nc(C[C@H](N[C@@H](CC(C)C)C(=O)O)C(=O)O)co2)c1. The lowest BCUT2D eigenvalue weighted by Crippen LogP contribution is -2.48. The van der Waals surface area contributed by atoms with E-state index in [1.54, 1.807) is 0 Å². The zero-order valence-corrected chi connectivity index (χ0v) is 16.0. The highest BCUT2D eigenvalue weighted by molar-refractivity contribution is 5.77. The van der Waals surface area contributed by atoms with Crippen LogP contribution in [0.2, 0.25) is 0 Å². The van der Waals surface area contributed by atoms with E-state index >= 15 is 0 Å². The lowest BCUT2D eigenvalue weighted by Gasteiger charge is -2.21. The number of carboxylic acid groups (broad SMARTS) is 2. The van der Waals surface area contributed by atoms with Crippen LogP contribution in [0.15, 0.2) is 28.9 Å². The minimum absolute atomic E-state index is 0.0332. The average Bonchev–Trinajstić information content (AvgIpc) is 3.00. The highest BCUT2D eigenvalue weighted by atomic mass is 16.4. The van der Waals surface area contributed by atoms with Crippen LogP contribution >= 0.6 is 0 Å². The van der Waals surface area contributed by atoms with E-state index < -0.39 is 24.0 Å². The minimum Gasteiger partial charge on any atom is -0.480 e. The Kier molecular flexibility index (Phi) is 6.74. The Hall–Kier alpha value is -2.67. The summed E-state index contributed by atoms with van der Waals surface area (Å²) in [7, 11) is 0. The summed E-state index contributed by atoms with van der Waals surface area (Å²) in [5, 5.41) is 21.5. The van der Waals surface area contributed by atoms with E-state index in [-0.39, 0.29) is 12.3 Å². The minimum atomic E-state index is -1.12. The second-order valence-corrected chi connectivity index (χ2v) is 7.30. The van der Waals surface area contributed by atoms with Crippen molar-refractivity contribution in [1.82, 2.24) is 10.3 Å². The number of nitrogens with one attached hydrogen (secondary N) is 1. The molecule has 0 bridgehead atoms. The number of oxazole rings is 1. The zero-order valence-electron chi connectivity index (χ0n) is 16.0. The van der Waals surface area contributed by atoms with Crippen molar-refractivity contribution in [2.45, 2.75) is 52.6 Å². The van der Waals surface area contributed by atoms with E-state index in [9.17, 15) is 19.8 Å². The molecular weight excluding hydrogens is 348 g/mol. The molecule has 0 unspecified atom stereocenters. The van der Waals surface area contributed by atoms with Gasteiger partial charge in [0.2, 0.25) is 5.89 Å². The topological polar surface area (TPSA) is 113 Å². The number of aryl methyl sites for hydroxylation is 2. The van der Waals surface area contributed by atoms with Crippen LogP contribution in [-0.2, 0) is 16.0 Å². The molecule has 0 fully saturated rings. The summed E-state index contributed by atoms with van der Waals surface area (Å²) in [5.74, 6) is -1.65. The molecule has 1 aromatic heterocycles. The number of aliphatic carboxylic acids is 2. The lowest BCUT2D eigenvalue weighted by molar-refractivity contribution is -0.142. The van der Waals surface area contributed by atoms with Gasteiger partial charge in [-0.05, 0) is 38.3 Å². The normalized spacial score (nSPS) is 13.5. The van der Waals surface area contributed by atoms with Gasteiger partial charge < -0.3 is 14.6 Å². The first kappa shape index (κ1) is 20.6. The van der Waals surface area contributed by atoms with Crippen molar-refractivity contribution in [3.63, 3.8) is 0 Å². The highest BCUT2D eigenvalue weighted by Crippen LogP contribution is 2.22. The van der Waals surface area contributed by atoms with Gasteiger partial charge >= 0.3 is 11.9 Å². The summed E-state index contributed by atoms with van der Waals surface area (Å²) in [6.07, 6.45) is 1.79. The molecule has 3 N–H and O–H groups in total. The molecule has 0 aliphatic heterocycles. The predicted octanol–water partition coefficient (Wildman–Crippen LogP) is 3.04. The van der Waals surface area contributed by atoms with E-state index in [2.05, 4.69) is 10.3 Å². The second kappa shape index (κ2) is 8.81. The highest BCUT2D eigenvalue weighted by Gasteiger charge is 2.27. The molecule has 27 heavy (non-hydrogen) atoms. The maximum absolute atomic E-state index is 11.6. The van der Waals surface area contributed by atoms with Gasteiger partial charge in [0.15, 0.2) is 0 Å². The van der Waals surface area contributed by atoms with Crippen molar-refractivity contribution in [3.05, 3.63) is 41.3 Å². The van der Waals surface area contributed by atoms with E-state index in [1.165, 1.54) is 6.26 Å². The Morgan fingerprint density at radius 2 is 1.67 bits per heavy atom. The average molecular weight is 374 g/mol. The maximum atomic E-state index is 11.6. The molecule has 2 rings (SSSR count). The maximum Gasteiger partial charge on any atom is 0.321 e. The predicted molar refractivity (Wildman–Crippen MR) is 101 cm³/mol. The third-order valence-electron chi connectivity index (χ3n) is 4.14. The number of nitrogens with zero attached hydrogens (tertiary/aromatic N) is 1. The van der Waals surface area contributed by atoms with Gasteiger partial charge in [-0.25, -0.2) is 4.98 Å². The molecule has 0 amide bonds. The Labute approximate surface area is 158 Å². The van der Waals surface area contributed by atoms with Gasteiger partial charge in [-0.15, -0.1) is 0 Å². The Morgan fingerprint density at radius 3 is 2.19 bits per heavy atom. The van der Waals surface area contributed by atoms with Gasteiger partial charge in [0.1, 0.15) is 18.3 Å². The number of hydrogen-bond donors (Lipinski definition) is 3. The Bertz CT molecular complexity index is 792. The fourth-order valence-electron chi connectivity index (χ4n) is 3.01. The van der Waals surface area contributed by atoms with Gasteiger partial charge in [0.05, 0.1) is 5.69 Å². The Balaban J connectivity index is 2.16. The van der Waals surface area contributed by atoms with Gasteiger partial charge in [0, 0.05) is 12.0 Å². The molecule has 0 saturated heterocycles. The molecule has 0 spiro atoms. The van der Waals surface area contributed by atoms with Crippen LogP contribution < -0.4 is 5.32 Å². The molecule has 2 aromatic rings. The summed E-state index contributed by atoms with van der Waals surface area (Å²) in [5.41, 5.74) is 3.43. The fraction of sp³-hybridized carbons (Fsp3) is 0.450. The molecule has 7 heteroatoms.